The summed E-state index contributed by atoms with van der Waals surface area (Å²) in [7, 11) is -4.44. The number of rotatable bonds is 7. The van der Waals surface area contributed by atoms with Crippen molar-refractivity contribution < 1.29 is 37.1 Å². The molecule has 0 aliphatic heterocycles. The topological polar surface area (TPSA) is 127 Å². The zero-order valence-electron chi connectivity index (χ0n) is 13.8. The fourth-order valence-electron chi connectivity index (χ4n) is 1.99. The molecule has 0 aromatic heterocycles. The molecule has 0 spiro atoms. The van der Waals surface area contributed by atoms with Gasteiger partial charge in [-0.25, -0.2) is 4.79 Å². The van der Waals surface area contributed by atoms with E-state index in [-0.39, 0.29) is 18.8 Å². The van der Waals surface area contributed by atoms with Crippen molar-refractivity contribution in [3.05, 3.63) is 62.7 Å². The van der Waals surface area contributed by atoms with E-state index in [0.717, 1.165) is 3.57 Å². The van der Waals surface area contributed by atoms with Crippen LogP contribution in [0.2, 0.25) is 0 Å². The Bertz CT molecular complexity index is 938. The lowest BCUT2D eigenvalue weighted by molar-refractivity contribution is -0.141. The third-order valence-corrected chi connectivity index (χ3v) is 4.94. The second kappa shape index (κ2) is 9.26. The van der Waals surface area contributed by atoms with Gasteiger partial charge in [-0.3, -0.25) is 9.35 Å². The molecule has 0 atom stereocenters. The highest BCUT2D eigenvalue weighted by Gasteiger charge is 2.15. The molecule has 2 aromatic rings. The first-order valence-electron chi connectivity index (χ1n) is 7.49. The Balaban J connectivity index is 1.96. The minimum Gasteiger partial charge on any atom is -0.460 e. The van der Waals surface area contributed by atoms with Crippen LogP contribution in [0, 0.1) is 3.57 Å². The number of benzene rings is 2. The molecule has 0 aliphatic rings. The van der Waals surface area contributed by atoms with Crippen LogP contribution >= 0.6 is 22.6 Å². The van der Waals surface area contributed by atoms with Crippen molar-refractivity contribution >= 4 is 44.6 Å². The van der Waals surface area contributed by atoms with Crippen molar-refractivity contribution in [1.29, 1.82) is 0 Å². The predicted octanol–water partition coefficient (Wildman–Crippen LogP) is 1.93. The van der Waals surface area contributed by atoms with Crippen LogP contribution in [0.4, 0.5) is 0 Å². The summed E-state index contributed by atoms with van der Waals surface area (Å²) in [6.45, 7) is -0.380. The normalized spacial score (nSPS) is 11.1. The van der Waals surface area contributed by atoms with Crippen molar-refractivity contribution in [3.63, 3.8) is 0 Å². The van der Waals surface area contributed by atoms with E-state index in [4.69, 9.17) is 14.0 Å². The van der Waals surface area contributed by atoms with E-state index in [0.29, 0.717) is 16.9 Å². The van der Waals surface area contributed by atoms with Crippen LogP contribution in [-0.2, 0) is 32.9 Å². The first-order chi connectivity index (χ1) is 12.7. The molecular weight excluding hydrogens is 491 g/mol. The van der Waals surface area contributed by atoms with Crippen LogP contribution in [0.15, 0.2) is 42.5 Å². The van der Waals surface area contributed by atoms with E-state index in [1.54, 1.807) is 18.2 Å². The lowest BCUT2D eigenvalue weighted by atomic mass is 10.1. The molecule has 0 bridgehead atoms. The molecule has 144 valence electrons. The van der Waals surface area contributed by atoms with Gasteiger partial charge in [-0.2, -0.15) is 8.42 Å². The van der Waals surface area contributed by atoms with Gasteiger partial charge in [0.2, 0.25) is 0 Å². The molecule has 2 rings (SSSR count). The molecule has 0 saturated carbocycles. The molecule has 0 saturated heterocycles. The van der Waals surface area contributed by atoms with Crippen LogP contribution in [0.5, 0.6) is 5.75 Å². The van der Waals surface area contributed by atoms with Crippen molar-refractivity contribution in [1.82, 2.24) is 0 Å². The lowest BCUT2D eigenvalue weighted by Crippen LogP contribution is -2.17. The summed E-state index contributed by atoms with van der Waals surface area (Å²) in [6, 6.07) is 10.9. The number of halogens is 1. The monoisotopic (exact) mass is 506 g/mol. The second-order valence-corrected chi connectivity index (χ2v) is 8.00. The number of esters is 2. The number of hydrogen-bond acceptors (Lipinski definition) is 7. The van der Waals surface area contributed by atoms with Crippen molar-refractivity contribution in [3.8, 4) is 5.75 Å². The Labute approximate surface area is 169 Å². The van der Waals surface area contributed by atoms with Gasteiger partial charge >= 0.3 is 11.9 Å². The summed E-state index contributed by atoms with van der Waals surface area (Å²) < 4.78 is 40.5. The van der Waals surface area contributed by atoms with Crippen molar-refractivity contribution in [2.45, 2.75) is 13.2 Å². The fourth-order valence-corrected chi connectivity index (χ4v) is 2.88. The number of ether oxygens (including phenoxy) is 2. The fraction of sp³-hybridized carbons (Fsp3) is 0.176. The number of carbonyl (C=O) groups excluding carboxylic acids is 2. The maximum Gasteiger partial charge on any atom is 0.343 e. The van der Waals surface area contributed by atoms with Crippen LogP contribution in [0.1, 0.15) is 21.5 Å². The molecule has 0 aliphatic carbocycles. The Kier molecular flexibility index (Phi) is 7.30. The molecule has 8 nitrogen and oxygen atoms in total. The van der Waals surface area contributed by atoms with E-state index >= 15 is 0 Å². The molecule has 0 heterocycles. The minimum atomic E-state index is -4.44. The lowest BCUT2D eigenvalue weighted by Gasteiger charge is -2.08. The Hall–Kier alpha value is -2.02. The quantitative estimate of drug-likeness (QED) is 0.253. The number of aliphatic hydroxyl groups excluding tert-OH is 1. The van der Waals surface area contributed by atoms with E-state index in [1.165, 1.54) is 24.3 Å². The van der Waals surface area contributed by atoms with Gasteiger partial charge < -0.3 is 14.6 Å². The second-order valence-electron chi connectivity index (χ2n) is 5.38. The Morgan fingerprint density at radius 2 is 1.74 bits per heavy atom. The summed E-state index contributed by atoms with van der Waals surface area (Å²) in [4.78, 5) is 23.4. The molecule has 27 heavy (non-hydrogen) atoms. The van der Waals surface area contributed by atoms with Gasteiger partial charge in [0, 0.05) is 3.57 Å². The van der Waals surface area contributed by atoms with Crippen LogP contribution in [-0.4, -0.2) is 35.8 Å². The van der Waals surface area contributed by atoms with Gasteiger partial charge in [-0.05, 0) is 64.0 Å². The van der Waals surface area contributed by atoms with Crippen molar-refractivity contribution in [2.75, 3.05) is 5.75 Å². The Morgan fingerprint density at radius 1 is 1.07 bits per heavy atom. The highest BCUT2D eigenvalue weighted by atomic mass is 127. The summed E-state index contributed by atoms with van der Waals surface area (Å²) in [6.07, 6.45) is 0. The van der Waals surface area contributed by atoms with Gasteiger partial charge in [0.25, 0.3) is 10.1 Å². The largest absolute Gasteiger partial charge is 0.460 e. The third kappa shape index (κ3) is 6.90. The summed E-state index contributed by atoms with van der Waals surface area (Å²) in [5.41, 5.74) is 1.42. The first kappa shape index (κ1) is 21.3. The van der Waals surface area contributed by atoms with Gasteiger partial charge in [0.15, 0.2) is 5.75 Å². The average molecular weight is 506 g/mol. The molecule has 2 N–H and O–H groups in total. The molecular formula is C17H15IO8S. The Morgan fingerprint density at radius 3 is 2.33 bits per heavy atom. The van der Waals surface area contributed by atoms with E-state index in [2.05, 4.69) is 22.6 Å². The maximum atomic E-state index is 12.2. The third-order valence-electron chi connectivity index (χ3n) is 3.29. The highest BCUT2D eigenvalue weighted by Crippen LogP contribution is 2.20. The van der Waals surface area contributed by atoms with Gasteiger partial charge in [0.1, 0.15) is 12.4 Å². The summed E-state index contributed by atoms with van der Waals surface area (Å²) in [5, 5.41) is 9.25. The van der Waals surface area contributed by atoms with Gasteiger partial charge in [-0.1, -0.05) is 12.1 Å². The van der Waals surface area contributed by atoms with Crippen molar-refractivity contribution in [2.24, 2.45) is 0 Å². The summed E-state index contributed by atoms with van der Waals surface area (Å²) >= 11 is 2.06. The number of aliphatic hydroxyl groups is 1. The van der Waals surface area contributed by atoms with Gasteiger partial charge in [-0.15, -0.1) is 0 Å². The van der Waals surface area contributed by atoms with E-state index < -0.39 is 27.8 Å². The predicted molar refractivity (Wildman–Crippen MR) is 103 cm³/mol. The molecule has 0 radical (unpaired) electrons. The zero-order valence-corrected chi connectivity index (χ0v) is 16.8. The molecule has 0 unspecified atom stereocenters. The molecule has 0 fully saturated rings. The first-order valence-corrected chi connectivity index (χ1v) is 10.2. The van der Waals surface area contributed by atoms with Gasteiger partial charge in [0.05, 0.1) is 12.2 Å². The standard InChI is InChI=1S/C17H15IO8S/c18-15-6-5-14(7-13(15)8-19)26-17(21)12-3-1-11(2-4-12)9-25-16(20)10-27(22,23)24/h1-7,19H,8-10H2,(H,22,23,24). The maximum absolute atomic E-state index is 12.2. The van der Waals surface area contributed by atoms with E-state index in [1.807, 2.05) is 0 Å². The highest BCUT2D eigenvalue weighted by molar-refractivity contribution is 14.1. The van der Waals surface area contributed by atoms with E-state index in [9.17, 15) is 23.1 Å². The van der Waals surface area contributed by atoms with Crippen LogP contribution in [0.3, 0.4) is 0 Å². The molecule has 10 heteroatoms. The smallest absolute Gasteiger partial charge is 0.343 e. The zero-order chi connectivity index (χ0) is 20.0. The summed E-state index contributed by atoms with van der Waals surface area (Å²) in [5.74, 6) is -2.51. The molecule has 2 aromatic carbocycles. The average Bonchev–Trinajstić information content (AvgIpc) is 2.60. The SMILES string of the molecule is O=C(CS(=O)(=O)O)OCc1ccc(C(=O)Oc2ccc(I)c(CO)c2)cc1. The molecule has 0 amide bonds. The minimum absolute atomic E-state index is 0.172. The van der Waals surface area contributed by atoms with Crippen LogP contribution < -0.4 is 4.74 Å². The number of hydrogen-bond donors (Lipinski definition) is 2. The number of carbonyl (C=O) groups is 2. The van der Waals surface area contributed by atoms with Crippen LogP contribution in [0.25, 0.3) is 0 Å².